The van der Waals surface area contributed by atoms with E-state index in [1.165, 1.54) is 11.1 Å². The molecule has 0 atom stereocenters. The summed E-state index contributed by atoms with van der Waals surface area (Å²) in [4.78, 5) is 14.8. The first-order valence-corrected chi connectivity index (χ1v) is 17.8. The van der Waals surface area contributed by atoms with Crippen LogP contribution >= 0.6 is 0 Å². The third-order valence-electron chi connectivity index (χ3n) is 9.96. The van der Waals surface area contributed by atoms with Gasteiger partial charge < -0.3 is 4.42 Å². The lowest BCUT2D eigenvalue weighted by Gasteiger charge is -2.11. The number of rotatable bonds is 6. The topological polar surface area (TPSA) is 51.8 Å². The number of benzene rings is 8. The van der Waals surface area contributed by atoms with Gasteiger partial charge in [0.05, 0.1) is 0 Å². The van der Waals surface area contributed by atoms with Crippen LogP contribution in [0.15, 0.2) is 192 Å². The third kappa shape index (κ3) is 5.54. The van der Waals surface area contributed by atoms with Crippen molar-refractivity contribution < 1.29 is 4.42 Å². The van der Waals surface area contributed by atoms with Crippen LogP contribution in [-0.4, -0.2) is 15.0 Å². The van der Waals surface area contributed by atoms with Crippen molar-refractivity contribution in [3.63, 3.8) is 0 Å². The van der Waals surface area contributed by atoms with E-state index in [0.29, 0.717) is 17.5 Å². The summed E-state index contributed by atoms with van der Waals surface area (Å²) in [5.74, 6) is 1.92. The summed E-state index contributed by atoms with van der Waals surface area (Å²) in [5.41, 5.74) is 11.5. The highest BCUT2D eigenvalue weighted by Gasteiger charge is 2.18. The van der Waals surface area contributed by atoms with Gasteiger partial charge in [-0.3, -0.25) is 0 Å². The number of fused-ring (bicyclic) bond motifs is 5. The SMILES string of the molecule is c1ccc(-c2ccc(-c3cccc4oc5c6ccccc6c(-c6ccc(-c7nc(-c8ccccc8)nc(-c8ccccc8)n7)cc6)cc5c34)cc2)cc1. The summed E-state index contributed by atoms with van der Waals surface area (Å²) < 4.78 is 6.66. The molecule has 2 heterocycles. The Morgan fingerprint density at radius 1 is 0.302 bits per heavy atom. The molecule has 0 aliphatic heterocycles. The van der Waals surface area contributed by atoms with Gasteiger partial charge in [-0.15, -0.1) is 0 Å². The molecule has 0 fully saturated rings. The number of furan rings is 1. The van der Waals surface area contributed by atoms with E-state index in [9.17, 15) is 0 Å². The number of hydrogen-bond donors (Lipinski definition) is 0. The summed E-state index contributed by atoms with van der Waals surface area (Å²) in [6, 6.07) is 65.2. The van der Waals surface area contributed by atoms with Gasteiger partial charge in [0.25, 0.3) is 0 Å². The Kier molecular flexibility index (Phi) is 7.43. The maximum Gasteiger partial charge on any atom is 0.164 e. The van der Waals surface area contributed by atoms with E-state index < -0.39 is 0 Å². The van der Waals surface area contributed by atoms with Crippen molar-refractivity contribution in [2.75, 3.05) is 0 Å². The van der Waals surface area contributed by atoms with Crippen LogP contribution in [0.2, 0.25) is 0 Å². The lowest BCUT2D eigenvalue weighted by molar-refractivity contribution is 0.673. The molecule has 0 aliphatic carbocycles. The van der Waals surface area contributed by atoms with Gasteiger partial charge in [-0.2, -0.15) is 0 Å². The van der Waals surface area contributed by atoms with Crippen molar-refractivity contribution in [3.05, 3.63) is 188 Å². The van der Waals surface area contributed by atoms with Crippen molar-refractivity contribution in [3.8, 4) is 67.5 Å². The minimum absolute atomic E-state index is 0.633. The standard InChI is InChI=1S/C49H31N3O/c1-4-13-32(14-5-1)33-23-25-34(26-24-33)39-21-12-22-44-45(39)43-31-42(40-19-10-11-20-41(40)46(43)53-44)35-27-29-38(30-28-35)49-51-47(36-15-6-2-7-16-36)50-48(52-49)37-17-8-3-9-18-37/h1-31H. The Balaban J connectivity index is 1.10. The van der Waals surface area contributed by atoms with Gasteiger partial charge in [-0.1, -0.05) is 176 Å². The van der Waals surface area contributed by atoms with Crippen LogP contribution in [0.3, 0.4) is 0 Å². The molecule has 0 bridgehead atoms. The van der Waals surface area contributed by atoms with Crippen molar-refractivity contribution in [1.29, 1.82) is 0 Å². The molecule has 4 heteroatoms. The molecule has 8 aromatic carbocycles. The van der Waals surface area contributed by atoms with Gasteiger partial charge in [0.15, 0.2) is 17.5 Å². The fraction of sp³-hybridized carbons (Fsp3) is 0. The summed E-state index contributed by atoms with van der Waals surface area (Å²) >= 11 is 0. The summed E-state index contributed by atoms with van der Waals surface area (Å²) in [6.07, 6.45) is 0. The fourth-order valence-electron chi connectivity index (χ4n) is 7.34. The van der Waals surface area contributed by atoms with Crippen LogP contribution in [0.5, 0.6) is 0 Å². The molecule has 10 aromatic rings. The highest BCUT2D eigenvalue weighted by molar-refractivity contribution is 6.22. The molecule has 0 radical (unpaired) electrons. The van der Waals surface area contributed by atoms with E-state index in [4.69, 9.17) is 19.4 Å². The maximum absolute atomic E-state index is 6.66. The second-order valence-corrected chi connectivity index (χ2v) is 13.2. The number of aromatic nitrogens is 3. The first-order valence-electron chi connectivity index (χ1n) is 17.8. The Bertz CT molecular complexity index is 2840. The molecule has 0 N–H and O–H groups in total. The first kappa shape index (κ1) is 30.6. The number of hydrogen-bond acceptors (Lipinski definition) is 4. The molecular weight excluding hydrogens is 647 g/mol. The number of nitrogens with zero attached hydrogens (tertiary/aromatic N) is 3. The molecule has 0 spiro atoms. The molecule has 4 nitrogen and oxygen atoms in total. The molecule has 0 saturated heterocycles. The molecule has 2 aromatic heterocycles. The summed E-state index contributed by atoms with van der Waals surface area (Å²) in [6.45, 7) is 0. The van der Waals surface area contributed by atoms with Gasteiger partial charge in [-0.05, 0) is 50.9 Å². The maximum atomic E-state index is 6.66. The summed E-state index contributed by atoms with van der Waals surface area (Å²) in [7, 11) is 0. The Morgan fingerprint density at radius 3 is 1.32 bits per heavy atom. The highest BCUT2D eigenvalue weighted by atomic mass is 16.3. The minimum Gasteiger partial charge on any atom is -0.455 e. The second kappa shape index (κ2) is 12.9. The predicted octanol–water partition coefficient (Wildman–Crippen LogP) is 12.9. The second-order valence-electron chi connectivity index (χ2n) is 13.2. The Labute approximate surface area is 306 Å². The molecule has 248 valence electrons. The average molecular weight is 678 g/mol. The molecule has 0 unspecified atom stereocenters. The monoisotopic (exact) mass is 677 g/mol. The molecule has 0 saturated carbocycles. The highest BCUT2D eigenvalue weighted by Crippen LogP contribution is 2.43. The lowest BCUT2D eigenvalue weighted by atomic mass is 9.92. The summed E-state index contributed by atoms with van der Waals surface area (Å²) in [5, 5.41) is 4.44. The van der Waals surface area contributed by atoms with Gasteiger partial charge in [0.1, 0.15) is 11.2 Å². The zero-order valence-electron chi connectivity index (χ0n) is 28.6. The Hall–Kier alpha value is -7.17. The van der Waals surface area contributed by atoms with Crippen LogP contribution in [0.4, 0.5) is 0 Å². The molecule has 0 aliphatic rings. The van der Waals surface area contributed by atoms with E-state index in [1.54, 1.807) is 0 Å². The van der Waals surface area contributed by atoms with E-state index in [1.807, 2.05) is 66.7 Å². The average Bonchev–Trinajstić information content (AvgIpc) is 3.64. The van der Waals surface area contributed by atoms with Gasteiger partial charge in [-0.25, -0.2) is 15.0 Å². The predicted molar refractivity (Wildman–Crippen MR) is 217 cm³/mol. The molecular formula is C49H31N3O. The Morgan fingerprint density at radius 2 is 0.736 bits per heavy atom. The van der Waals surface area contributed by atoms with Crippen LogP contribution in [-0.2, 0) is 0 Å². The van der Waals surface area contributed by atoms with Crippen molar-refractivity contribution in [2.45, 2.75) is 0 Å². The third-order valence-corrected chi connectivity index (χ3v) is 9.96. The van der Waals surface area contributed by atoms with Crippen molar-refractivity contribution in [1.82, 2.24) is 15.0 Å². The molecule has 53 heavy (non-hydrogen) atoms. The smallest absolute Gasteiger partial charge is 0.164 e. The van der Waals surface area contributed by atoms with Crippen molar-refractivity contribution >= 4 is 32.7 Å². The van der Waals surface area contributed by atoms with Crippen LogP contribution in [0, 0.1) is 0 Å². The normalized spacial score (nSPS) is 11.4. The van der Waals surface area contributed by atoms with Gasteiger partial charge >= 0.3 is 0 Å². The van der Waals surface area contributed by atoms with Crippen LogP contribution in [0.1, 0.15) is 0 Å². The largest absolute Gasteiger partial charge is 0.455 e. The molecule has 0 amide bonds. The van der Waals surface area contributed by atoms with Crippen LogP contribution < -0.4 is 0 Å². The fourth-order valence-corrected chi connectivity index (χ4v) is 7.34. The zero-order chi connectivity index (χ0) is 35.1. The minimum atomic E-state index is 0.633. The zero-order valence-corrected chi connectivity index (χ0v) is 28.6. The molecule has 10 rings (SSSR count). The van der Waals surface area contributed by atoms with E-state index in [2.05, 4.69) is 121 Å². The van der Waals surface area contributed by atoms with Crippen LogP contribution in [0.25, 0.3) is 100 Å². The van der Waals surface area contributed by atoms with E-state index in [-0.39, 0.29) is 0 Å². The van der Waals surface area contributed by atoms with Gasteiger partial charge in [0, 0.05) is 32.8 Å². The lowest BCUT2D eigenvalue weighted by Crippen LogP contribution is -2.00. The van der Waals surface area contributed by atoms with Gasteiger partial charge in [0.2, 0.25) is 0 Å². The first-order chi connectivity index (χ1) is 26.3. The quantitative estimate of drug-likeness (QED) is 0.176. The van der Waals surface area contributed by atoms with E-state index in [0.717, 1.165) is 71.7 Å². The van der Waals surface area contributed by atoms with Crippen molar-refractivity contribution in [2.24, 2.45) is 0 Å². The van der Waals surface area contributed by atoms with E-state index >= 15 is 0 Å².